The van der Waals surface area contributed by atoms with Crippen LogP contribution in [0.2, 0.25) is 0 Å². The summed E-state index contributed by atoms with van der Waals surface area (Å²) in [5, 5.41) is 11.8. The maximum Gasteiger partial charge on any atom is 0.322 e. The molecule has 7 nitrogen and oxygen atoms in total. The molecule has 0 aromatic carbocycles. The molecular formula is C10H9N5O2S. The maximum absolute atomic E-state index is 11.0. The Balaban J connectivity index is 2.46. The second kappa shape index (κ2) is 4.96. The van der Waals surface area contributed by atoms with Gasteiger partial charge in [0, 0.05) is 6.20 Å². The van der Waals surface area contributed by atoms with Crippen molar-refractivity contribution in [2.24, 2.45) is 0 Å². The molecule has 8 heteroatoms. The molecule has 0 saturated carbocycles. The van der Waals surface area contributed by atoms with Crippen molar-refractivity contribution in [1.82, 2.24) is 15.0 Å². The van der Waals surface area contributed by atoms with E-state index in [1.165, 1.54) is 6.92 Å². The van der Waals surface area contributed by atoms with E-state index in [0.717, 1.165) is 11.8 Å². The van der Waals surface area contributed by atoms with Crippen LogP contribution in [-0.4, -0.2) is 19.9 Å². The number of anilines is 1. The predicted molar refractivity (Wildman–Crippen MR) is 66.2 cm³/mol. The second-order valence-corrected chi connectivity index (χ2v) is 4.36. The third kappa shape index (κ3) is 2.54. The third-order valence-electron chi connectivity index (χ3n) is 2.07. The Labute approximate surface area is 107 Å². The highest BCUT2D eigenvalue weighted by molar-refractivity contribution is 7.99. The van der Waals surface area contributed by atoms with Gasteiger partial charge in [-0.3, -0.25) is 10.1 Å². The van der Waals surface area contributed by atoms with Crippen LogP contribution in [0.4, 0.5) is 11.6 Å². The first-order chi connectivity index (χ1) is 8.58. The first-order valence-corrected chi connectivity index (χ1v) is 5.77. The lowest BCUT2D eigenvalue weighted by atomic mass is 10.4. The van der Waals surface area contributed by atoms with E-state index in [1.807, 2.05) is 0 Å². The summed E-state index contributed by atoms with van der Waals surface area (Å²) in [6.07, 6.45) is 1.60. The molecule has 2 aromatic rings. The van der Waals surface area contributed by atoms with Crippen LogP contribution in [-0.2, 0) is 0 Å². The van der Waals surface area contributed by atoms with E-state index < -0.39 is 4.92 Å². The molecular weight excluding hydrogens is 254 g/mol. The summed E-state index contributed by atoms with van der Waals surface area (Å²) < 4.78 is 0. The zero-order chi connectivity index (χ0) is 13.1. The van der Waals surface area contributed by atoms with Gasteiger partial charge in [0.05, 0.1) is 4.92 Å². The number of nitrogens with two attached hydrogens (primary N) is 1. The van der Waals surface area contributed by atoms with E-state index in [1.54, 1.807) is 24.4 Å². The fraction of sp³-hybridized carbons (Fsp3) is 0.100. The number of hydrogen-bond acceptors (Lipinski definition) is 7. The van der Waals surface area contributed by atoms with E-state index in [4.69, 9.17) is 5.73 Å². The topological polar surface area (TPSA) is 108 Å². The van der Waals surface area contributed by atoms with E-state index in [-0.39, 0.29) is 22.4 Å². The average Bonchev–Trinajstić information content (AvgIpc) is 2.28. The Kier molecular flexibility index (Phi) is 3.38. The molecule has 0 unspecified atom stereocenters. The van der Waals surface area contributed by atoms with Crippen molar-refractivity contribution in [3.63, 3.8) is 0 Å². The Hall–Kier alpha value is -2.22. The van der Waals surface area contributed by atoms with Gasteiger partial charge in [-0.15, -0.1) is 0 Å². The molecule has 0 amide bonds. The number of pyridine rings is 1. The normalized spacial score (nSPS) is 10.3. The average molecular weight is 263 g/mol. The summed E-state index contributed by atoms with van der Waals surface area (Å²) in [5.74, 6) is 0.0107. The number of hydrogen-bond donors (Lipinski definition) is 1. The number of rotatable bonds is 3. The monoisotopic (exact) mass is 263 g/mol. The van der Waals surface area contributed by atoms with Gasteiger partial charge in [0.25, 0.3) is 0 Å². The standard InChI is InChI=1S/C10H9N5O2S/c1-6-8(15(16)17)9(14-10(11)13-6)18-7-4-2-3-5-12-7/h2-5H,1H3,(H2,11,13,14). The van der Waals surface area contributed by atoms with Crippen molar-refractivity contribution in [3.8, 4) is 0 Å². The predicted octanol–water partition coefficient (Wildman–Crippen LogP) is 1.82. The Morgan fingerprint density at radius 1 is 1.39 bits per heavy atom. The summed E-state index contributed by atoms with van der Waals surface area (Å²) in [5.41, 5.74) is 5.61. The van der Waals surface area contributed by atoms with Gasteiger partial charge in [0.2, 0.25) is 5.95 Å². The van der Waals surface area contributed by atoms with E-state index >= 15 is 0 Å². The highest BCUT2D eigenvalue weighted by Gasteiger charge is 2.22. The molecule has 0 fully saturated rings. The fourth-order valence-electron chi connectivity index (χ4n) is 1.35. The van der Waals surface area contributed by atoms with Crippen LogP contribution in [0, 0.1) is 17.0 Å². The summed E-state index contributed by atoms with van der Waals surface area (Å²) >= 11 is 1.09. The van der Waals surface area contributed by atoms with Crippen molar-refractivity contribution >= 4 is 23.4 Å². The zero-order valence-electron chi connectivity index (χ0n) is 9.40. The Bertz CT molecular complexity index is 590. The molecule has 92 valence electrons. The van der Waals surface area contributed by atoms with Gasteiger partial charge in [0.1, 0.15) is 10.7 Å². The first kappa shape index (κ1) is 12.2. The molecule has 18 heavy (non-hydrogen) atoms. The van der Waals surface area contributed by atoms with Gasteiger partial charge >= 0.3 is 5.69 Å². The second-order valence-electron chi connectivity index (χ2n) is 3.35. The molecule has 0 aliphatic rings. The van der Waals surface area contributed by atoms with Gasteiger partial charge in [-0.1, -0.05) is 6.07 Å². The SMILES string of the molecule is Cc1nc(N)nc(Sc2ccccn2)c1[N+](=O)[O-]. The summed E-state index contributed by atoms with van der Waals surface area (Å²) in [7, 11) is 0. The van der Waals surface area contributed by atoms with Gasteiger partial charge in [-0.25, -0.2) is 9.97 Å². The maximum atomic E-state index is 11.0. The van der Waals surface area contributed by atoms with Crippen LogP contribution < -0.4 is 5.73 Å². The van der Waals surface area contributed by atoms with Crippen molar-refractivity contribution in [1.29, 1.82) is 0 Å². The molecule has 0 bridgehead atoms. The summed E-state index contributed by atoms with van der Waals surface area (Å²) in [4.78, 5) is 22.2. The van der Waals surface area contributed by atoms with E-state index in [9.17, 15) is 10.1 Å². The molecule has 2 N–H and O–H groups in total. The van der Waals surface area contributed by atoms with Crippen LogP contribution in [0.3, 0.4) is 0 Å². The largest absolute Gasteiger partial charge is 0.368 e. The molecule has 0 atom stereocenters. The molecule has 0 aliphatic carbocycles. The quantitative estimate of drug-likeness (QED) is 0.511. The summed E-state index contributed by atoms with van der Waals surface area (Å²) in [6, 6.07) is 5.29. The van der Waals surface area contributed by atoms with E-state index in [0.29, 0.717) is 5.03 Å². The lowest BCUT2D eigenvalue weighted by Gasteiger charge is -2.04. The first-order valence-electron chi connectivity index (χ1n) is 4.95. The molecule has 2 rings (SSSR count). The minimum absolute atomic E-state index is 0.0107. The third-order valence-corrected chi connectivity index (χ3v) is 2.99. The minimum atomic E-state index is -0.514. The fourth-order valence-corrected chi connectivity index (χ4v) is 2.27. The molecule has 2 heterocycles. The zero-order valence-corrected chi connectivity index (χ0v) is 10.2. The lowest BCUT2D eigenvalue weighted by Crippen LogP contribution is -2.04. The Morgan fingerprint density at radius 2 is 2.17 bits per heavy atom. The van der Waals surface area contributed by atoms with Crippen LogP contribution in [0.5, 0.6) is 0 Å². The lowest BCUT2D eigenvalue weighted by molar-refractivity contribution is -0.389. The minimum Gasteiger partial charge on any atom is -0.368 e. The number of nitrogen functional groups attached to an aromatic ring is 1. The molecule has 2 aromatic heterocycles. The van der Waals surface area contributed by atoms with Gasteiger partial charge < -0.3 is 5.73 Å². The van der Waals surface area contributed by atoms with Crippen LogP contribution in [0.1, 0.15) is 5.69 Å². The van der Waals surface area contributed by atoms with E-state index in [2.05, 4.69) is 15.0 Å². The summed E-state index contributed by atoms with van der Waals surface area (Å²) in [6.45, 7) is 1.53. The van der Waals surface area contributed by atoms with Gasteiger partial charge in [-0.2, -0.15) is 4.98 Å². The van der Waals surface area contributed by atoms with Gasteiger partial charge in [-0.05, 0) is 30.8 Å². The number of nitro groups is 1. The Morgan fingerprint density at radius 3 is 2.78 bits per heavy atom. The highest BCUT2D eigenvalue weighted by atomic mass is 32.2. The molecule has 0 saturated heterocycles. The smallest absolute Gasteiger partial charge is 0.322 e. The highest BCUT2D eigenvalue weighted by Crippen LogP contribution is 2.33. The van der Waals surface area contributed by atoms with Crippen molar-refractivity contribution in [3.05, 3.63) is 40.2 Å². The molecule has 0 radical (unpaired) electrons. The van der Waals surface area contributed by atoms with Crippen LogP contribution >= 0.6 is 11.8 Å². The number of aryl methyl sites for hydroxylation is 1. The number of nitrogens with zero attached hydrogens (tertiary/aromatic N) is 4. The van der Waals surface area contributed by atoms with Crippen LogP contribution in [0.25, 0.3) is 0 Å². The van der Waals surface area contributed by atoms with Gasteiger partial charge in [0.15, 0.2) is 5.03 Å². The van der Waals surface area contributed by atoms with Crippen molar-refractivity contribution in [2.45, 2.75) is 17.0 Å². The molecule has 0 aliphatic heterocycles. The van der Waals surface area contributed by atoms with Crippen molar-refractivity contribution in [2.75, 3.05) is 5.73 Å². The molecule has 0 spiro atoms. The van der Waals surface area contributed by atoms with Crippen LogP contribution in [0.15, 0.2) is 34.4 Å². The number of aromatic nitrogens is 3. The van der Waals surface area contributed by atoms with Crippen molar-refractivity contribution < 1.29 is 4.92 Å².